The summed E-state index contributed by atoms with van der Waals surface area (Å²) in [6.07, 6.45) is 2.29. The van der Waals surface area contributed by atoms with E-state index >= 15 is 0 Å². The van der Waals surface area contributed by atoms with Gasteiger partial charge in [-0.15, -0.1) is 11.3 Å². The Morgan fingerprint density at radius 2 is 2.19 bits per heavy atom. The Bertz CT molecular complexity index is 600. The number of halogens is 1. The number of likely N-dealkylation sites (N-methyl/N-ethyl adjacent to an activating group) is 1. The van der Waals surface area contributed by atoms with Gasteiger partial charge in [0.05, 0.1) is 12.6 Å². The predicted molar refractivity (Wildman–Crippen MR) is 83.9 cm³/mol. The SMILES string of the molecule is CCc1cnc(CN(C)CC(O)c2ccc(F)cc2C)s1. The third kappa shape index (κ3) is 4.33. The summed E-state index contributed by atoms with van der Waals surface area (Å²) in [5.74, 6) is -0.272. The molecule has 1 unspecified atom stereocenters. The zero-order valence-electron chi connectivity index (χ0n) is 12.6. The lowest BCUT2D eigenvalue weighted by Gasteiger charge is -2.21. The topological polar surface area (TPSA) is 36.4 Å². The summed E-state index contributed by atoms with van der Waals surface area (Å²) in [6, 6.07) is 4.49. The van der Waals surface area contributed by atoms with E-state index in [1.54, 1.807) is 17.4 Å². The van der Waals surface area contributed by atoms with Crippen LogP contribution in [0, 0.1) is 12.7 Å². The van der Waals surface area contributed by atoms with E-state index < -0.39 is 6.10 Å². The van der Waals surface area contributed by atoms with Crippen molar-refractivity contribution < 1.29 is 9.50 Å². The summed E-state index contributed by atoms with van der Waals surface area (Å²) >= 11 is 1.71. The number of aliphatic hydroxyl groups is 1. The highest BCUT2D eigenvalue weighted by atomic mass is 32.1. The Balaban J connectivity index is 1.96. The number of hydrogen-bond acceptors (Lipinski definition) is 4. The average Bonchev–Trinajstić information content (AvgIpc) is 2.85. The fraction of sp³-hybridized carbons (Fsp3) is 0.438. The van der Waals surface area contributed by atoms with Crippen LogP contribution in [0.2, 0.25) is 0 Å². The second-order valence-electron chi connectivity index (χ2n) is 5.29. The fourth-order valence-electron chi connectivity index (χ4n) is 2.29. The molecular formula is C16H21FN2OS. The third-order valence-corrected chi connectivity index (χ3v) is 4.56. The van der Waals surface area contributed by atoms with E-state index in [2.05, 4.69) is 11.9 Å². The molecule has 1 heterocycles. The number of rotatable bonds is 6. The van der Waals surface area contributed by atoms with Crippen LogP contribution in [0.3, 0.4) is 0 Å². The molecule has 0 radical (unpaired) electrons. The van der Waals surface area contributed by atoms with Gasteiger partial charge in [0.25, 0.3) is 0 Å². The summed E-state index contributed by atoms with van der Waals surface area (Å²) in [4.78, 5) is 7.69. The van der Waals surface area contributed by atoms with Crippen molar-refractivity contribution in [3.8, 4) is 0 Å². The van der Waals surface area contributed by atoms with Gasteiger partial charge in [0, 0.05) is 17.6 Å². The molecular weight excluding hydrogens is 287 g/mol. The van der Waals surface area contributed by atoms with Crippen molar-refractivity contribution in [2.45, 2.75) is 32.9 Å². The number of benzene rings is 1. The highest BCUT2D eigenvalue weighted by Crippen LogP contribution is 2.21. The van der Waals surface area contributed by atoms with Crippen molar-refractivity contribution in [3.05, 3.63) is 51.2 Å². The second-order valence-corrected chi connectivity index (χ2v) is 6.49. The third-order valence-electron chi connectivity index (χ3n) is 3.43. The number of aryl methyl sites for hydroxylation is 2. The predicted octanol–water partition coefficient (Wildman–Crippen LogP) is 3.32. The number of aromatic nitrogens is 1. The molecule has 1 N–H and O–H groups in total. The smallest absolute Gasteiger partial charge is 0.123 e. The molecule has 114 valence electrons. The Kier molecular flexibility index (Phi) is 5.45. The molecule has 2 rings (SSSR count). The van der Waals surface area contributed by atoms with Gasteiger partial charge in [-0.2, -0.15) is 0 Å². The van der Waals surface area contributed by atoms with E-state index in [4.69, 9.17) is 0 Å². The van der Waals surface area contributed by atoms with Gasteiger partial charge in [0.1, 0.15) is 10.8 Å². The van der Waals surface area contributed by atoms with Crippen molar-refractivity contribution in [2.75, 3.05) is 13.6 Å². The minimum atomic E-state index is -0.624. The number of nitrogens with zero attached hydrogens (tertiary/aromatic N) is 2. The van der Waals surface area contributed by atoms with Crippen LogP contribution >= 0.6 is 11.3 Å². The van der Waals surface area contributed by atoms with Crippen LogP contribution in [0.1, 0.15) is 34.0 Å². The first-order valence-electron chi connectivity index (χ1n) is 7.05. The van der Waals surface area contributed by atoms with E-state index in [9.17, 15) is 9.50 Å². The van der Waals surface area contributed by atoms with Gasteiger partial charge in [-0.25, -0.2) is 9.37 Å². The molecule has 5 heteroatoms. The molecule has 0 aliphatic heterocycles. The monoisotopic (exact) mass is 308 g/mol. The standard InChI is InChI=1S/C16H21FN2OS/c1-4-13-8-18-16(21-13)10-19(3)9-15(20)14-6-5-12(17)7-11(14)2/h5-8,15,20H,4,9-10H2,1-3H3. The summed E-state index contributed by atoms with van der Waals surface area (Å²) in [5, 5.41) is 11.4. The van der Waals surface area contributed by atoms with Gasteiger partial charge in [-0.05, 0) is 43.7 Å². The van der Waals surface area contributed by atoms with E-state index in [1.165, 1.54) is 17.0 Å². The molecule has 3 nitrogen and oxygen atoms in total. The zero-order valence-corrected chi connectivity index (χ0v) is 13.5. The van der Waals surface area contributed by atoms with Gasteiger partial charge in [-0.3, -0.25) is 4.90 Å². The molecule has 0 aliphatic rings. The molecule has 0 spiro atoms. The van der Waals surface area contributed by atoms with Crippen LogP contribution in [-0.2, 0) is 13.0 Å². The Morgan fingerprint density at radius 1 is 1.43 bits per heavy atom. The number of thiazole rings is 1. The maximum absolute atomic E-state index is 13.1. The number of aliphatic hydroxyl groups excluding tert-OH is 1. The highest BCUT2D eigenvalue weighted by Gasteiger charge is 2.14. The normalized spacial score (nSPS) is 12.9. The molecule has 0 aliphatic carbocycles. The van der Waals surface area contributed by atoms with Crippen molar-refractivity contribution in [1.82, 2.24) is 9.88 Å². The Labute approximate surface area is 129 Å². The average molecular weight is 308 g/mol. The van der Waals surface area contributed by atoms with Gasteiger partial charge < -0.3 is 5.11 Å². The fourth-order valence-corrected chi connectivity index (χ4v) is 3.23. The summed E-state index contributed by atoms with van der Waals surface area (Å²) < 4.78 is 13.1. The molecule has 0 saturated carbocycles. The van der Waals surface area contributed by atoms with Crippen LogP contribution in [-0.4, -0.2) is 28.6 Å². The molecule has 1 aromatic carbocycles. The zero-order chi connectivity index (χ0) is 15.4. The van der Waals surface area contributed by atoms with Crippen LogP contribution in [0.25, 0.3) is 0 Å². The maximum atomic E-state index is 13.1. The van der Waals surface area contributed by atoms with E-state index in [0.717, 1.165) is 22.6 Å². The van der Waals surface area contributed by atoms with E-state index in [1.807, 2.05) is 25.1 Å². The molecule has 2 aromatic rings. The van der Waals surface area contributed by atoms with E-state index in [0.29, 0.717) is 13.1 Å². The molecule has 1 aromatic heterocycles. The summed E-state index contributed by atoms with van der Waals surface area (Å²) in [7, 11) is 1.95. The molecule has 0 fully saturated rings. The molecule has 0 amide bonds. The van der Waals surface area contributed by atoms with Crippen molar-refractivity contribution in [3.63, 3.8) is 0 Å². The minimum Gasteiger partial charge on any atom is -0.387 e. The number of hydrogen-bond donors (Lipinski definition) is 1. The van der Waals surface area contributed by atoms with Crippen molar-refractivity contribution in [2.24, 2.45) is 0 Å². The lowest BCUT2D eigenvalue weighted by atomic mass is 10.0. The molecule has 0 bridgehead atoms. The van der Waals surface area contributed by atoms with Crippen molar-refractivity contribution >= 4 is 11.3 Å². The molecule has 21 heavy (non-hydrogen) atoms. The Morgan fingerprint density at radius 3 is 2.81 bits per heavy atom. The lowest BCUT2D eigenvalue weighted by molar-refractivity contribution is 0.123. The summed E-state index contributed by atoms with van der Waals surface area (Å²) in [6.45, 7) is 5.13. The van der Waals surface area contributed by atoms with Crippen LogP contribution in [0.5, 0.6) is 0 Å². The first kappa shape index (κ1) is 16.1. The van der Waals surface area contributed by atoms with Crippen LogP contribution < -0.4 is 0 Å². The van der Waals surface area contributed by atoms with Gasteiger partial charge in [-0.1, -0.05) is 13.0 Å². The molecule has 1 atom stereocenters. The lowest BCUT2D eigenvalue weighted by Crippen LogP contribution is -2.24. The summed E-state index contributed by atoms with van der Waals surface area (Å²) in [5.41, 5.74) is 1.55. The minimum absolute atomic E-state index is 0.272. The van der Waals surface area contributed by atoms with Gasteiger partial charge in [0.15, 0.2) is 0 Å². The largest absolute Gasteiger partial charge is 0.387 e. The Hall–Kier alpha value is -1.30. The van der Waals surface area contributed by atoms with Crippen LogP contribution in [0.15, 0.2) is 24.4 Å². The first-order chi connectivity index (χ1) is 9.99. The van der Waals surface area contributed by atoms with Gasteiger partial charge in [0.2, 0.25) is 0 Å². The quantitative estimate of drug-likeness (QED) is 0.889. The van der Waals surface area contributed by atoms with Gasteiger partial charge >= 0.3 is 0 Å². The maximum Gasteiger partial charge on any atom is 0.123 e. The van der Waals surface area contributed by atoms with Crippen LogP contribution in [0.4, 0.5) is 4.39 Å². The highest BCUT2D eigenvalue weighted by molar-refractivity contribution is 7.11. The molecule has 0 saturated heterocycles. The second kappa shape index (κ2) is 7.11. The van der Waals surface area contributed by atoms with Crippen molar-refractivity contribution in [1.29, 1.82) is 0 Å². The first-order valence-corrected chi connectivity index (χ1v) is 7.87. The van der Waals surface area contributed by atoms with E-state index in [-0.39, 0.29) is 5.82 Å².